The van der Waals surface area contributed by atoms with Crippen molar-refractivity contribution in [3.63, 3.8) is 0 Å². The number of alkyl halides is 1. The fraction of sp³-hybridized carbons (Fsp3) is 0.706. The second-order valence-electron chi connectivity index (χ2n) is 14.9. The first-order chi connectivity index (χ1) is 22.5. The van der Waals surface area contributed by atoms with E-state index >= 15 is 0 Å². The van der Waals surface area contributed by atoms with Crippen LogP contribution in [0.25, 0.3) is 0 Å². The van der Waals surface area contributed by atoms with Gasteiger partial charge in [-0.1, -0.05) is 19.3 Å². The maximum atomic E-state index is 14.9. The number of primary amides is 1. The van der Waals surface area contributed by atoms with E-state index in [0.29, 0.717) is 44.3 Å². The minimum absolute atomic E-state index is 0.0785. The quantitative estimate of drug-likeness (QED) is 0.309. The number of ether oxygens (including phenoxy) is 1. The molecule has 0 aromatic heterocycles. The van der Waals surface area contributed by atoms with Crippen LogP contribution in [0, 0.1) is 23.7 Å². The number of quaternary nitrogens is 1. The summed E-state index contributed by atoms with van der Waals surface area (Å²) >= 11 is 0. The van der Waals surface area contributed by atoms with Crippen molar-refractivity contribution in [3.05, 3.63) is 29.8 Å². The molecule has 2 saturated carbocycles. The monoisotopic (exact) mass is 694 g/mol. The minimum atomic E-state index is -4.02. The molecule has 0 spiro atoms. The molecule has 0 bridgehead atoms. The van der Waals surface area contributed by atoms with Crippen molar-refractivity contribution in [2.45, 2.75) is 103 Å². The SMILES string of the molecule is CN(C)S(=O)(=O)NC(=O)c1ccc([N+]2(C(=O)C3CCC([C@@H](CF)NC(=O)OC(C)(C)C)CC3)CC[C@@H](C3CCCCC3)[C@H]2C(N)=O)cc1. The van der Waals surface area contributed by atoms with Gasteiger partial charge < -0.3 is 15.8 Å². The number of halogens is 1. The molecule has 1 saturated heterocycles. The van der Waals surface area contributed by atoms with Crippen LogP contribution in [0.2, 0.25) is 0 Å². The number of amides is 4. The molecular formula is C34H53FN5O7S+. The number of carbonyl (C=O) groups is 4. The van der Waals surface area contributed by atoms with Crippen LogP contribution in [0.4, 0.5) is 14.9 Å². The standard InChI is InChI=1S/C34H52FN5O7S/c1-34(2,3)47-33(44)37-28(21-35)23-11-13-25(14-12-23)32(43)40(20-19-27(29(40)30(36)41)22-9-7-6-8-10-22)26-17-15-24(16-18-26)31(42)38-48(45,46)39(4)5/h15-18,22-23,25,27-29H,6-14,19-21H2,1-5H3,(H3-,36,37,38,41,42,44)/p+1/t23?,25?,27-,28+,29-,40?/m0/s1. The van der Waals surface area contributed by atoms with Gasteiger partial charge in [0.2, 0.25) is 0 Å². The second-order valence-corrected chi connectivity index (χ2v) is 16.8. The van der Waals surface area contributed by atoms with Gasteiger partial charge in [-0.25, -0.2) is 23.2 Å². The summed E-state index contributed by atoms with van der Waals surface area (Å²) in [5, 5.41) is 2.66. The maximum absolute atomic E-state index is 14.9. The van der Waals surface area contributed by atoms with Crippen LogP contribution in [-0.2, 0) is 24.5 Å². The summed E-state index contributed by atoms with van der Waals surface area (Å²) in [5.74, 6) is -1.90. The molecule has 4 atom stereocenters. The van der Waals surface area contributed by atoms with Crippen molar-refractivity contribution in [3.8, 4) is 0 Å². The Morgan fingerprint density at radius 3 is 2.10 bits per heavy atom. The van der Waals surface area contributed by atoms with Crippen LogP contribution in [0.15, 0.2) is 24.3 Å². The zero-order valence-corrected chi connectivity index (χ0v) is 29.7. The molecule has 0 radical (unpaired) electrons. The molecule has 4 rings (SSSR count). The number of likely N-dealkylation sites (tertiary alicyclic amines) is 1. The Morgan fingerprint density at radius 1 is 0.979 bits per heavy atom. The lowest BCUT2D eigenvalue weighted by Gasteiger charge is -2.42. The highest BCUT2D eigenvalue weighted by Crippen LogP contribution is 2.47. The van der Waals surface area contributed by atoms with Gasteiger partial charge in [0.15, 0.2) is 6.04 Å². The molecule has 4 amide bonds. The normalized spacial score (nSPS) is 27.6. The number of hydrogen-bond donors (Lipinski definition) is 3. The first-order valence-corrected chi connectivity index (χ1v) is 18.6. The summed E-state index contributed by atoms with van der Waals surface area (Å²) < 4.78 is 46.6. The average molecular weight is 695 g/mol. The van der Waals surface area contributed by atoms with Crippen molar-refractivity contribution in [1.29, 1.82) is 0 Å². The molecule has 1 unspecified atom stereocenters. The number of nitrogens with zero attached hydrogens (tertiary/aromatic N) is 2. The van der Waals surface area contributed by atoms with Crippen molar-refractivity contribution in [2.75, 3.05) is 27.3 Å². The highest BCUT2D eigenvalue weighted by atomic mass is 32.2. The summed E-state index contributed by atoms with van der Waals surface area (Å²) in [5.41, 5.74) is 6.08. The molecule has 268 valence electrons. The molecule has 4 N–H and O–H groups in total. The van der Waals surface area contributed by atoms with Gasteiger partial charge in [0, 0.05) is 44.1 Å². The molecule has 1 aromatic carbocycles. The van der Waals surface area contributed by atoms with E-state index in [0.717, 1.165) is 36.4 Å². The number of nitrogens with two attached hydrogens (primary N) is 1. The molecule has 3 aliphatic rings. The molecule has 12 nitrogen and oxygen atoms in total. The number of nitrogens with one attached hydrogen (secondary N) is 2. The third-order valence-corrected chi connectivity index (χ3v) is 11.9. The summed E-state index contributed by atoms with van der Waals surface area (Å²) in [6, 6.07) is 4.67. The maximum Gasteiger partial charge on any atom is 0.407 e. The third kappa shape index (κ3) is 8.36. The van der Waals surface area contributed by atoms with Crippen LogP contribution >= 0.6 is 0 Å². The molecule has 14 heteroatoms. The van der Waals surface area contributed by atoms with E-state index in [1.165, 1.54) is 26.2 Å². The largest absolute Gasteiger partial charge is 0.444 e. The van der Waals surface area contributed by atoms with Crippen molar-refractivity contribution in [1.82, 2.24) is 18.8 Å². The Labute approximate surface area is 284 Å². The Morgan fingerprint density at radius 2 is 1.58 bits per heavy atom. The smallest absolute Gasteiger partial charge is 0.407 e. The molecule has 48 heavy (non-hydrogen) atoms. The summed E-state index contributed by atoms with van der Waals surface area (Å²) in [7, 11) is -1.40. The summed E-state index contributed by atoms with van der Waals surface area (Å²) in [4.78, 5) is 53.5. The number of rotatable bonds is 10. The average Bonchev–Trinajstić information content (AvgIpc) is 3.45. The molecular weight excluding hydrogens is 641 g/mol. The highest BCUT2D eigenvalue weighted by Gasteiger charge is 2.60. The lowest BCUT2D eigenvalue weighted by Crippen LogP contribution is -2.65. The van der Waals surface area contributed by atoms with E-state index in [4.69, 9.17) is 10.5 Å². The van der Waals surface area contributed by atoms with E-state index < -0.39 is 58.4 Å². The predicted octanol–water partition coefficient (Wildman–Crippen LogP) is 4.18. The predicted molar refractivity (Wildman–Crippen MR) is 180 cm³/mol. The summed E-state index contributed by atoms with van der Waals surface area (Å²) in [6.45, 7) is 4.83. The Hall–Kier alpha value is -3.10. The van der Waals surface area contributed by atoms with Crippen molar-refractivity contribution < 1.29 is 36.7 Å². The van der Waals surface area contributed by atoms with Crippen LogP contribution in [-0.4, -0.2) is 81.5 Å². The first-order valence-electron chi connectivity index (χ1n) is 17.1. The number of benzene rings is 1. The van der Waals surface area contributed by atoms with Gasteiger partial charge in [0.05, 0.1) is 18.5 Å². The van der Waals surface area contributed by atoms with Gasteiger partial charge >= 0.3 is 22.2 Å². The number of alkyl carbamates (subject to hydrolysis) is 1. The zero-order chi connectivity index (χ0) is 35.4. The molecule has 1 heterocycles. The second kappa shape index (κ2) is 15.2. The highest BCUT2D eigenvalue weighted by molar-refractivity contribution is 7.87. The Balaban J connectivity index is 1.62. The fourth-order valence-electron chi connectivity index (χ4n) is 8.11. The molecule has 3 fully saturated rings. The Kier molecular flexibility index (Phi) is 11.9. The molecule has 2 aliphatic carbocycles. The molecule has 1 aromatic rings. The lowest BCUT2D eigenvalue weighted by molar-refractivity contribution is -0.142. The minimum Gasteiger partial charge on any atom is -0.444 e. The van der Waals surface area contributed by atoms with Gasteiger partial charge in [0.25, 0.3) is 11.8 Å². The van der Waals surface area contributed by atoms with Crippen LogP contribution in [0.5, 0.6) is 0 Å². The molecule has 1 aliphatic heterocycles. The zero-order valence-electron chi connectivity index (χ0n) is 28.9. The van der Waals surface area contributed by atoms with Crippen molar-refractivity contribution in [2.24, 2.45) is 29.4 Å². The van der Waals surface area contributed by atoms with E-state index in [1.54, 1.807) is 32.9 Å². The summed E-state index contributed by atoms with van der Waals surface area (Å²) in [6.07, 6.45) is 7.12. The number of hydrogen-bond acceptors (Lipinski definition) is 7. The van der Waals surface area contributed by atoms with Gasteiger partial charge in [-0.05, 0) is 83.3 Å². The lowest BCUT2D eigenvalue weighted by atomic mass is 9.75. The van der Waals surface area contributed by atoms with Gasteiger partial charge in [0.1, 0.15) is 18.0 Å². The van der Waals surface area contributed by atoms with E-state index in [9.17, 15) is 32.0 Å². The first kappa shape index (κ1) is 37.7. The van der Waals surface area contributed by atoms with E-state index in [1.807, 2.05) is 4.72 Å². The fourth-order valence-corrected chi connectivity index (χ4v) is 8.64. The number of carbonyl (C=O) groups excluding carboxylic acids is 4. The van der Waals surface area contributed by atoms with Crippen LogP contribution in [0.1, 0.15) is 95.3 Å². The van der Waals surface area contributed by atoms with Crippen LogP contribution in [0.3, 0.4) is 0 Å². The third-order valence-electron chi connectivity index (χ3n) is 10.5. The van der Waals surface area contributed by atoms with Gasteiger partial charge in [-0.2, -0.15) is 12.7 Å². The van der Waals surface area contributed by atoms with Gasteiger partial charge in [-0.15, -0.1) is 0 Å². The van der Waals surface area contributed by atoms with Crippen LogP contribution < -0.4 is 20.3 Å². The van der Waals surface area contributed by atoms with E-state index in [2.05, 4.69) is 5.32 Å². The van der Waals surface area contributed by atoms with E-state index in [-0.39, 0.29) is 33.7 Å². The van der Waals surface area contributed by atoms with Gasteiger partial charge in [-0.3, -0.25) is 9.59 Å². The Bertz CT molecular complexity index is 1430. The topological polar surface area (TPSA) is 165 Å². The van der Waals surface area contributed by atoms with Crippen molar-refractivity contribution >= 4 is 39.7 Å².